The molecule has 0 spiro atoms. The fraction of sp³-hybridized carbons (Fsp3) is 0.750. The highest BCUT2D eigenvalue weighted by atomic mass is 15.1. The Bertz CT molecular complexity index is 284. The third-order valence-corrected chi connectivity index (χ3v) is 3.28. The third kappa shape index (κ3) is 5.61. The van der Waals surface area contributed by atoms with Gasteiger partial charge in [-0.25, -0.2) is 0 Å². The van der Waals surface area contributed by atoms with Crippen LogP contribution in [0.5, 0.6) is 0 Å². The molecule has 0 saturated heterocycles. The zero-order chi connectivity index (χ0) is 14.5. The molecule has 0 amide bonds. The largest absolute Gasteiger partial charge is 0.369 e. The monoisotopic (exact) mass is 252 g/mol. The molecule has 2 nitrogen and oxygen atoms in total. The first kappa shape index (κ1) is 17.1. The lowest BCUT2D eigenvalue weighted by Gasteiger charge is -2.35. The Kier molecular flexibility index (Phi) is 6.51. The molecule has 0 aromatic rings. The lowest BCUT2D eigenvalue weighted by atomic mass is 9.83. The minimum Gasteiger partial charge on any atom is -0.369 e. The van der Waals surface area contributed by atoms with E-state index < -0.39 is 0 Å². The first-order valence-electron chi connectivity index (χ1n) is 6.97. The molecule has 0 aromatic heterocycles. The maximum atomic E-state index is 4.10. The second-order valence-corrected chi connectivity index (χ2v) is 6.67. The molecule has 2 unspecified atom stereocenters. The van der Waals surface area contributed by atoms with E-state index in [1.807, 2.05) is 0 Å². The first-order valence-corrected chi connectivity index (χ1v) is 6.97. The average molecular weight is 252 g/mol. The summed E-state index contributed by atoms with van der Waals surface area (Å²) in [5, 5.41) is 6.95. The minimum absolute atomic E-state index is 0.135. The molecule has 0 radical (unpaired) electrons. The molecule has 2 heteroatoms. The van der Waals surface area contributed by atoms with E-state index in [0.717, 1.165) is 17.8 Å². The van der Waals surface area contributed by atoms with Crippen LogP contribution in [0, 0.1) is 11.3 Å². The van der Waals surface area contributed by atoms with Crippen LogP contribution in [0.1, 0.15) is 54.9 Å². The van der Waals surface area contributed by atoms with Crippen molar-refractivity contribution in [2.24, 2.45) is 11.3 Å². The number of hydrogen-bond donors (Lipinski definition) is 2. The normalized spacial score (nSPS) is 15.1. The SMILES string of the molecule is C=C(NC(CC)C(C)C)NC(C(=C)C)C(C)(C)C. The molecule has 0 aliphatic carbocycles. The highest BCUT2D eigenvalue weighted by molar-refractivity contribution is 5.11. The molecule has 2 atom stereocenters. The van der Waals surface area contributed by atoms with Crippen LogP contribution in [0.25, 0.3) is 0 Å². The van der Waals surface area contributed by atoms with Crippen LogP contribution < -0.4 is 10.6 Å². The lowest BCUT2D eigenvalue weighted by molar-refractivity contribution is 0.305. The van der Waals surface area contributed by atoms with Crippen molar-refractivity contribution in [1.29, 1.82) is 0 Å². The van der Waals surface area contributed by atoms with Gasteiger partial charge in [0.15, 0.2) is 0 Å². The molecule has 2 N–H and O–H groups in total. The van der Waals surface area contributed by atoms with Crippen LogP contribution in [0.4, 0.5) is 0 Å². The topological polar surface area (TPSA) is 24.1 Å². The smallest absolute Gasteiger partial charge is 0.0919 e. The predicted molar refractivity (Wildman–Crippen MR) is 82.4 cm³/mol. The molecule has 0 bridgehead atoms. The summed E-state index contributed by atoms with van der Waals surface area (Å²) in [7, 11) is 0. The van der Waals surface area contributed by atoms with E-state index in [9.17, 15) is 0 Å². The van der Waals surface area contributed by atoms with E-state index in [-0.39, 0.29) is 11.5 Å². The Balaban J connectivity index is 4.58. The maximum Gasteiger partial charge on any atom is 0.0919 e. The Hall–Kier alpha value is -0.920. The Morgan fingerprint density at radius 2 is 1.61 bits per heavy atom. The summed E-state index contributed by atoms with van der Waals surface area (Å²) in [4.78, 5) is 0. The standard InChI is InChI=1S/C16H32N2/c1-10-14(11(2)3)17-13(6)18-15(12(4)5)16(7,8)9/h11,14-15,17-18H,4,6,10H2,1-3,5,7-9H3. The summed E-state index contributed by atoms with van der Waals surface area (Å²) in [5.74, 6) is 1.50. The van der Waals surface area contributed by atoms with Crippen molar-refractivity contribution in [3.63, 3.8) is 0 Å². The van der Waals surface area contributed by atoms with Gasteiger partial charge in [0.05, 0.1) is 11.9 Å². The van der Waals surface area contributed by atoms with Crippen molar-refractivity contribution in [3.05, 3.63) is 24.6 Å². The Labute approximate surface area is 114 Å². The van der Waals surface area contributed by atoms with Gasteiger partial charge < -0.3 is 10.6 Å². The van der Waals surface area contributed by atoms with Crippen molar-refractivity contribution >= 4 is 0 Å². The lowest BCUT2D eigenvalue weighted by Crippen LogP contribution is -2.46. The fourth-order valence-electron chi connectivity index (χ4n) is 2.26. The second kappa shape index (κ2) is 6.86. The van der Waals surface area contributed by atoms with Crippen LogP contribution in [0.2, 0.25) is 0 Å². The van der Waals surface area contributed by atoms with Gasteiger partial charge in [-0.1, -0.05) is 60.3 Å². The number of nitrogens with one attached hydrogen (secondary N) is 2. The van der Waals surface area contributed by atoms with Crippen molar-refractivity contribution in [2.75, 3.05) is 0 Å². The highest BCUT2D eigenvalue weighted by Crippen LogP contribution is 2.24. The van der Waals surface area contributed by atoms with E-state index >= 15 is 0 Å². The summed E-state index contributed by atoms with van der Waals surface area (Å²) in [6.45, 7) is 23.5. The zero-order valence-corrected chi connectivity index (χ0v) is 13.4. The predicted octanol–water partition coefficient (Wildman–Crippen LogP) is 4.06. The molecule has 18 heavy (non-hydrogen) atoms. The third-order valence-electron chi connectivity index (χ3n) is 3.28. The molecule has 0 fully saturated rings. The molecule has 0 heterocycles. The number of hydrogen-bond acceptors (Lipinski definition) is 2. The zero-order valence-electron chi connectivity index (χ0n) is 13.4. The summed E-state index contributed by atoms with van der Waals surface area (Å²) in [6.07, 6.45) is 1.10. The van der Waals surface area contributed by atoms with Crippen LogP contribution in [-0.4, -0.2) is 12.1 Å². The molecule has 0 rings (SSSR count). The van der Waals surface area contributed by atoms with E-state index in [0.29, 0.717) is 12.0 Å². The molecule has 0 aromatic carbocycles. The van der Waals surface area contributed by atoms with Gasteiger partial charge in [0.25, 0.3) is 0 Å². The van der Waals surface area contributed by atoms with Gasteiger partial charge in [-0.15, -0.1) is 0 Å². The van der Waals surface area contributed by atoms with Crippen LogP contribution in [0.3, 0.4) is 0 Å². The summed E-state index contributed by atoms with van der Waals surface area (Å²) in [6, 6.07) is 0.706. The highest BCUT2D eigenvalue weighted by Gasteiger charge is 2.25. The molecular formula is C16H32N2. The first-order chi connectivity index (χ1) is 8.09. The van der Waals surface area contributed by atoms with Gasteiger partial charge in [0.1, 0.15) is 0 Å². The second-order valence-electron chi connectivity index (χ2n) is 6.67. The van der Waals surface area contributed by atoms with Crippen LogP contribution >= 0.6 is 0 Å². The van der Waals surface area contributed by atoms with E-state index in [2.05, 4.69) is 72.3 Å². The van der Waals surface area contributed by atoms with E-state index in [4.69, 9.17) is 0 Å². The van der Waals surface area contributed by atoms with E-state index in [1.54, 1.807) is 0 Å². The molecule has 106 valence electrons. The average Bonchev–Trinajstić information content (AvgIpc) is 2.19. The van der Waals surface area contributed by atoms with Crippen LogP contribution in [-0.2, 0) is 0 Å². The van der Waals surface area contributed by atoms with Gasteiger partial charge >= 0.3 is 0 Å². The minimum atomic E-state index is 0.135. The number of rotatable bonds is 7. The maximum absolute atomic E-state index is 4.10. The van der Waals surface area contributed by atoms with Crippen molar-refractivity contribution in [2.45, 2.75) is 67.0 Å². The van der Waals surface area contributed by atoms with Crippen molar-refractivity contribution < 1.29 is 0 Å². The summed E-state index contributed by atoms with van der Waals surface area (Å²) < 4.78 is 0. The molecular weight excluding hydrogens is 220 g/mol. The van der Waals surface area contributed by atoms with Crippen LogP contribution in [0.15, 0.2) is 24.6 Å². The van der Waals surface area contributed by atoms with Gasteiger partial charge in [0, 0.05) is 6.04 Å². The Morgan fingerprint density at radius 3 is 1.89 bits per heavy atom. The van der Waals surface area contributed by atoms with Gasteiger partial charge in [-0.3, -0.25) is 0 Å². The van der Waals surface area contributed by atoms with Gasteiger partial charge in [-0.05, 0) is 24.7 Å². The summed E-state index contributed by atoms with van der Waals surface area (Å²) in [5.41, 5.74) is 1.28. The quantitative estimate of drug-likeness (QED) is 0.668. The van der Waals surface area contributed by atoms with E-state index in [1.165, 1.54) is 0 Å². The summed E-state index contributed by atoms with van der Waals surface area (Å²) >= 11 is 0. The van der Waals surface area contributed by atoms with Gasteiger partial charge in [-0.2, -0.15) is 0 Å². The Morgan fingerprint density at radius 1 is 1.11 bits per heavy atom. The fourth-order valence-corrected chi connectivity index (χ4v) is 2.26. The molecule has 0 aliphatic heterocycles. The molecule has 0 saturated carbocycles. The van der Waals surface area contributed by atoms with Crippen molar-refractivity contribution in [1.82, 2.24) is 10.6 Å². The molecule has 0 aliphatic rings. The van der Waals surface area contributed by atoms with Crippen molar-refractivity contribution in [3.8, 4) is 0 Å². The van der Waals surface area contributed by atoms with Gasteiger partial charge in [0.2, 0.25) is 0 Å².